The quantitative estimate of drug-likeness (QED) is 0.566. The third kappa shape index (κ3) is 1.10. The van der Waals surface area contributed by atoms with Crippen LogP contribution in [0.4, 0.5) is 0 Å². The number of benzene rings is 1. The highest BCUT2D eigenvalue weighted by Crippen LogP contribution is 2.00. The minimum absolute atomic E-state index is 0.387. The lowest BCUT2D eigenvalue weighted by Crippen LogP contribution is -1.88. The second kappa shape index (κ2) is 2.92. The first-order valence-electron chi connectivity index (χ1n) is 2.79. The van der Waals surface area contributed by atoms with Gasteiger partial charge in [-0.05, 0) is 12.1 Å². The Bertz CT molecular complexity index is 226. The van der Waals surface area contributed by atoms with Crippen molar-refractivity contribution in [2.24, 2.45) is 0 Å². The van der Waals surface area contributed by atoms with Crippen LogP contribution in [-0.2, 0) is 0 Å². The molecule has 0 saturated carbocycles. The molecule has 0 fully saturated rings. The van der Waals surface area contributed by atoms with Crippen LogP contribution >= 0.6 is 0 Å². The van der Waals surface area contributed by atoms with Crippen LogP contribution in [0.5, 0.6) is 0 Å². The van der Waals surface area contributed by atoms with Crippen molar-refractivity contribution in [3.63, 3.8) is 0 Å². The summed E-state index contributed by atoms with van der Waals surface area (Å²) < 4.78 is 0. The summed E-state index contributed by atoms with van der Waals surface area (Å²) in [6, 6.07) is 7.33. The molecule has 1 aromatic carbocycles. The van der Waals surface area contributed by atoms with Gasteiger partial charge < -0.3 is 0 Å². The molecular weight excluding hydrogens is 128 g/mol. The zero-order valence-electron chi connectivity index (χ0n) is 5.20. The molecule has 49 valence electrons. The predicted octanol–water partition coefficient (Wildman–Crippen LogP) is 1.11. The number of rotatable bonds is 2. The van der Waals surface area contributed by atoms with E-state index >= 15 is 0 Å². The van der Waals surface area contributed by atoms with Crippen molar-refractivity contribution in [2.75, 3.05) is 0 Å². The van der Waals surface area contributed by atoms with E-state index in [2.05, 4.69) is 6.07 Å². The molecular formula is C8H5O2. The first-order valence-corrected chi connectivity index (χ1v) is 2.79. The number of hydrogen-bond donors (Lipinski definition) is 0. The fourth-order valence-corrected chi connectivity index (χ4v) is 0.665. The molecule has 0 atom stereocenters. The van der Waals surface area contributed by atoms with Crippen molar-refractivity contribution in [1.82, 2.24) is 0 Å². The number of carbonyl (C=O) groups is 2. The molecule has 1 rings (SSSR count). The smallest absolute Gasteiger partial charge is 0.150 e. The van der Waals surface area contributed by atoms with Gasteiger partial charge in [-0.2, -0.15) is 0 Å². The zero-order chi connectivity index (χ0) is 7.40. The Balaban J connectivity index is 3.20. The molecule has 0 saturated heterocycles. The third-order valence-electron chi connectivity index (χ3n) is 1.19. The first kappa shape index (κ1) is 6.68. The highest BCUT2D eigenvalue weighted by molar-refractivity contribution is 5.89. The van der Waals surface area contributed by atoms with Crippen LogP contribution in [0.25, 0.3) is 0 Å². The Kier molecular flexibility index (Phi) is 1.95. The van der Waals surface area contributed by atoms with Crippen LogP contribution < -0.4 is 0 Å². The fourth-order valence-electron chi connectivity index (χ4n) is 0.665. The van der Waals surface area contributed by atoms with Crippen molar-refractivity contribution in [1.29, 1.82) is 0 Å². The van der Waals surface area contributed by atoms with E-state index in [1.165, 1.54) is 6.07 Å². The Hall–Kier alpha value is -1.44. The second-order valence-electron chi connectivity index (χ2n) is 1.79. The van der Waals surface area contributed by atoms with Crippen molar-refractivity contribution >= 4 is 12.6 Å². The summed E-state index contributed by atoms with van der Waals surface area (Å²) >= 11 is 0. The van der Waals surface area contributed by atoms with Crippen LogP contribution in [-0.4, -0.2) is 12.6 Å². The Labute approximate surface area is 58.5 Å². The van der Waals surface area contributed by atoms with Crippen molar-refractivity contribution < 1.29 is 9.59 Å². The summed E-state index contributed by atoms with van der Waals surface area (Å²) in [6.45, 7) is 0. The molecule has 1 aromatic rings. The lowest BCUT2D eigenvalue weighted by molar-refractivity contribution is 0.109. The number of hydrogen-bond acceptors (Lipinski definition) is 2. The number of aldehydes is 2. The molecule has 10 heavy (non-hydrogen) atoms. The molecule has 0 unspecified atom stereocenters. The van der Waals surface area contributed by atoms with Gasteiger partial charge >= 0.3 is 0 Å². The average molecular weight is 133 g/mol. The van der Waals surface area contributed by atoms with Gasteiger partial charge in [0.05, 0.1) is 0 Å². The lowest BCUT2D eigenvalue weighted by Gasteiger charge is -1.91. The van der Waals surface area contributed by atoms with Crippen molar-refractivity contribution in [3.05, 3.63) is 35.4 Å². The molecule has 0 aromatic heterocycles. The summed E-state index contributed by atoms with van der Waals surface area (Å²) in [7, 11) is 0. The molecule has 0 aliphatic carbocycles. The molecule has 0 aliphatic rings. The van der Waals surface area contributed by atoms with E-state index < -0.39 is 0 Å². The SMILES string of the molecule is O=Cc1c[c]ccc1C=O. The molecule has 1 radical (unpaired) electrons. The van der Waals surface area contributed by atoms with Crippen LogP contribution in [0.3, 0.4) is 0 Å². The van der Waals surface area contributed by atoms with E-state index in [4.69, 9.17) is 0 Å². The summed E-state index contributed by atoms with van der Waals surface area (Å²) in [4.78, 5) is 20.4. The van der Waals surface area contributed by atoms with Gasteiger partial charge in [0.15, 0.2) is 12.6 Å². The molecule has 0 N–H and O–H groups in total. The zero-order valence-corrected chi connectivity index (χ0v) is 5.20. The van der Waals surface area contributed by atoms with Gasteiger partial charge in [-0.3, -0.25) is 9.59 Å². The number of carbonyl (C=O) groups excluding carboxylic acids is 2. The van der Waals surface area contributed by atoms with E-state index in [0.717, 1.165) is 0 Å². The third-order valence-corrected chi connectivity index (χ3v) is 1.19. The monoisotopic (exact) mass is 133 g/mol. The van der Waals surface area contributed by atoms with Gasteiger partial charge in [-0.1, -0.05) is 12.1 Å². The van der Waals surface area contributed by atoms with E-state index in [1.807, 2.05) is 0 Å². The molecule has 2 nitrogen and oxygen atoms in total. The largest absolute Gasteiger partial charge is 0.298 e. The molecule has 0 amide bonds. The minimum atomic E-state index is 0.387. The van der Waals surface area contributed by atoms with E-state index in [9.17, 15) is 9.59 Å². The molecule has 0 heterocycles. The van der Waals surface area contributed by atoms with Gasteiger partial charge in [0, 0.05) is 11.1 Å². The van der Waals surface area contributed by atoms with Crippen molar-refractivity contribution in [2.45, 2.75) is 0 Å². The van der Waals surface area contributed by atoms with Gasteiger partial charge in [0.1, 0.15) is 0 Å². The van der Waals surface area contributed by atoms with Gasteiger partial charge in [0.25, 0.3) is 0 Å². The molecule has 0 spiro atoms. The van der Waals surface area contributed by atoms with Gasteiger partial charge in [0.2, 0.25) is 0 Å². The summed E-state index contributed by atoms with van der Waals surface area (Å²) in [6.07, 6.45) is 1.29. The van der Waals surface area contributed by atoms with Gasteiger partial charge in [-0.15, -0.1) is 0 Å². The summed E-state index contributed by atoms with van der Waals surface area (Å²) in [5, 5.41) is 0. The standard InChI is InChI=1S/C8H5O2/c9-5-7-3-1-2-4-8(7)6-10/h1,3-6H. The predicted molar refractivity (Wildman–Crippen MR) is 36.1 cm³/mol. The Morgan fingerprint density at radius 2 is 1.90 bits per heavy atom. The highest BCUT2D eigenvalue weighted by atomic mass is 16.1. The average Bonchev–Trinajstić information content (AvgIpc) is 2.04. The van der Waals surface area contributed by atoms with Crippen LogP contribution in [0.1, 0.15) is 20.7 Å². The van der Waals surface area contributed by atoms with Crippen LogP contribution in [0.2, 0.25) is 0 Å². The molecule has 2 heteroatoms. The first-order chi connectivity index (χ1) is 4.88. The van der Waals surface area contributed by atoms with E-state index in [0.29, 0.717) is 23.7 Å². The summed E-state index contributed by atoms with van der Waals surface area (Å²) in [5.41, 5.74) is 0.797. The molecule has 0 bridgehead atoms. The van der Waals surface area contributed by atoms with Gasteiger partial charge in [-0.25, -0.2) is 0 Å². The maximum absolute atomic E-state index is 10.2. The maximum atomic E-state index is 10.2. The molecule has 0 aliphatic heterocycles. The van der Waals surface area contributed by atoms with Crippen LogP contribution in [0, 0.1) is 6.07 Å². The lowest BCUT2D eigenvalue weighted by atomic mass is 10.1. The Morgan fingerprint density at radius 3 is 2.40 bits per heavy atom. The van der Waals surface area contributed by atoms with E-state index in [1.54, 1.807) is 12.1 Å². The Morgan fingerprint density at radius 1 is 1.20 bits per heavy atom. The second-order valence-corrected chi connectivity index (χ2v) is 1.79. The highest BCUT2D eigenvalue weighted by Gasteiger charge is 1.95. The fraction of sp³-hybridized carbons (Fsp3) is 0. The van der Waals surface area contributed by atoms with Crippen LogP contribution in [0.15, 0.2) is 18.2 Å². The summed E-state index contributed by atoms with van der Waals surface area (Å²) in [5.74, 6) is 0. The topological polar surface area (TPSA) is 34.1 Å². The van der Waals surface area contributed by atoms with E-state index in [-0.39, 0.29) is 0 Å². The van der Waals surface area contributed by atoms with Crippen molar-refractivity contribution in [3.8, 4) is 0 Å². The minimum Gasteiger partial charge on any atom is -0.298 e. The normalized spacial score (nSPS) is 8.80. The maximum Gasteiger partial charge on any atom is 0.150 e.